The Balaban J connectivity index is 1.31. The Kier molecular flexibility index (Phi) is 9.56. The highest BCUT2D eigenvalue weighted by Gasteiger charge is 2.27. The van der Waals surface area contributed by atoms with E-state index >= 15 is 0 Å². The molecule has 1 saturated carbocycles. The molecule has 252 valence electrons. The zero-order valence-electron chi connectivity index (χ0n) is 26.0. The van der Waals surface area contributed by atoms with Gasteiger partial charge in [0.2, 0.25) is 0 Å². The molecule has 0 aliphatic heterocycles. The number of phenolic OH excluding ortho intramolecular Hbond substituents is 2. The monoisotopic (exact) mass is 700 g/mol. The number of rotatable bonds is 9. The molecule has 0 aromatic heterocycles. The maximum Gasteiger partial charge on any atom is 0.295 e. The second-order valence-corrected chi connectivity index (χ2v) is 14.7. The number of azo groups is 2. The highest BCUT2D eigenvalue weighted by Crippen LogP contribution is 2.43. The molecular formula is C35H32N4O8S2. The van der Waals surface area contributed by atoms with Crippen LogP contribution in [0.15, 0.2) is 127 Å². The summed E-state index contributed by atoms with van der Waals surface area (Å²) in [7, 11) is -9.83. The summed E-state index contributed by atoms with van der Waals surface area (Å²) >= 11 is 0. The van der Waals surface area contributed by atoms with Crippen molar-refractivity contribution in [2.24, 2.45) is 26.4 Å². The van der Waals surface area contributed by atoms with Crippen molar-refractivity contribution in [1.82, 2.24) is 0 Å². The van der Waals surface area contributed by atoms with E-state index in [9.17, 15) is 36.2 Å². The first-order chi connectivity index (χ1) is 23.4. The fraction of sp³-hybridized carbons (Fsp3) is 0.200. The summed E-state index contributed by atoms with van der Waals surface area (Å²) in [4.78, 5) is -1.61. The average molecular weight is 701 g/mol. The Labute approximate surface area is 283 Å². The van der Waals surface area contributed by atoms with Crippen molar-refractivity contribution in [3.63, 3.8) is 0 Å². The van der Waals surface area contributed by atoms with Gasteiger partial charge in [-0.3, -0.25) is 9.11 Å². The lowest BCUT2D eigenvalue weighted by Gasteiger charge is -2.31. The van der Waals surface area contributed by atoms with Crippen LogP contribution in [0.3, 0.4) is 0 Å². The number of hydrogen-bond acceptors (Lipinski definition) is 10. The maximum atomic E-state index is 12.2. The minimum atomic E-state index is -5.01. The lowest BCUT2D eigenvalue weighted by atomic mass is 9.73. The Morgan fingerprint density at radius 2 is 1.10 bits per heavy atom. The van der Waals surface area contributed by atoms with Gasteiger partial charge in [-0.1, -0.05) is 49.6 Å². The van der Waals surface area contributed by atoms with Crippen molar-refractivity contribution in [3.05, 3.63) is 108 Å². The SMILES string of the molecule is O=S(=O)(O)c1cc(S(=O)(=O)O)c2c(N=Nc3ccc(C(c4ccc(N=Nc5ccc(O)cc5)cc4)C4CCCCC4)cc3)c(O)ccc2c1. The standard InChI is InChI=1S/C35H32N4O8S2/c40-29-17-15-28(16-18-29)37-36-26-11-6-23(7-12-26)33(22-4-2-1-3-5-22)24-8-13-27(14-9-24)38-39-35-31(41)19-10-25-20-30(48(42,43)44)21-32(34(25)35)49(45,46)47/h6-22,33,40-41H,1-5H2,(H,42,43,44)(H,45,46,47). The van der Waals surface area contributed by atoms with Crippen molar-refractivity contribution in [2.45, 2.75) is 47.8 Å². The van der Waals surface area contributed by atoms with Gasteiger partial charge < -0.3 is 10.2 Å². The first kappa shape index (κ1) is 33.9. The van der Waals surface area contributed by atoms with E-state index in [1.807, 2.05) is 24.3 Å². The van der Waals surface area contributed by atoms with Gasteiger partial charge >= 0.3 is 0 Å². The highest BCUT2D eigenvalue weighted by atomic mass is 32.2. The number of phenols is 2. The lowest BCUT2D eigenvalue weighted by molar-refractivity contribution is 0.327. The smallest absolute Gasteiger partial charge is 0.295 e. The van der Waals surface area contributed by atoms with Gasteiger partial charge in [0.05, 0.1) is 22.0 Å². The zero-order valence-corrected chi connectivity index (χ0v) is 27.6. The summed E-state index contributed by atoms with van der Waals surface area (Å²) in [5.74, 6) is 0.224. The molecule has 0 radical (unpaired) electrons. The number of fused-ring (bicyclic) bond motifs is 1. The van der Waals surface area contributed by atoms with Crippen molar-refractivity contribution in [2.75, 3.05) is 0 Å². The summed E-state index contributed by atoms with van der Waals surface area (Å²) in [5, 5.41) is 36.7. The van der Waals surface area contributed by atoms with Crippen LogP contribution in [-0.2, 0) is 20.2 Å². The molecule has 1 unspecified atom stereocenters. The lowest BCUT2D eigenvalue weighted by Crippen LogP contribution is -2.17. The predicted molar refractivity (Wildman–Crippen MR) is 183 cm³/mol. The van der Waals surface area contributed by atoms with Gasteiger partial charge in [0.15, 0.2) is 0 Å². The van der Waals surface area contributed by atoms with Crippen molar-refractivity contribution < 1.29 is 36.2 Å². The van der Waals surface area contributed by atoms with E-state index in [0.717, 1.165) is 42.9 Å². The summed E-state index contributed by atoms with van der Waals surface area (Å²) in [6.45, 7) is 0. The van der Waals surface area contributed by atoms with Crippen molar-refractivity contribution >= 4 is 53.8 Å². The van der Waals surface area contributed by atoms with Gasteiger partial charge in [-0.15, -0.1) is 5.11 Å². The van der Waals surface area contributed by atoms with Crippen molar-refractivity contribution in [1.29, 1.82) is 0 Å². The second kappa shape index (κ2) is 13.8. The van der Waals surface area contributed by atoms with E-state index in [-0.39, 0.29) is 28.1 Å². The van der Waals surface area contributed by atoms with E-state index in [4.69, 9.17) is 0 Å². The molecule has 1 fully saturated rings. The quantitative estimate of drug-likeness (QED) is 0.0861. The summed E-state index contributed by atoms with van der Waals surface area (Å²) in [5.41, 5.74) is 3.61. The third kappa shape index (κ3) is 7.84. The van der Waals surface area contributed by atoms with Crippen LogP contribution in [0.2, 0.25) is 0 Å². The molecule has 0 spiro atoms. The molecular weight excluding hydrogens is 669 g/mol. The van der Waals surface area contributed by atoms with Crippen LogP contribution >= 0.6 is 0 Å². The molecule has 0 bridgehead atoms. The summed E-state index contributed by atoms with van der Waals surface area (Å²) in [6, 6.07) is 25.9. The zero-order chi connectivity index (χ0) is 34.8. The Hall–Kier alpha value is -5.02. The molecule has 1 atom stereocenters. The first-order valence-electron chi connectivity index (χ1n) is 15.4. The average Bonchev–Trinajstić information content (AvgIpc) is 3.08. The van der Waals surface area contributed by atoms with E-state index in [2.05, 4.69) is 32.6 Å². The molecule has 12 nitrogen and oxygen atoms in total. The van der Waals surface area contributed by atoms with E-state index < -0.39 is 35.8 Å². The number of hydrogen-bond donors (Lipinski definition) is 4. The van der Waals surface area contributed by atoms with Crippen LogP contribution in [0.5, 0.6) is 11.5 Å². The predicted octanol–water partition coefficient (Wildman–Crippen LogP) is 9.29. The molecule has 14 heteroatoms. The Morgan fingerprint density at radius 3 is 1.61 bits per heavy atom. The van der Waals surface area contributed by atoms with Crippen LogP contribution in [-0.4, -0.2) is 36.2 Å². The summed E-state index contributed by atoms with van der Waals surface area (Å²) < 4.78 is 67.4. The van der Waals surface area contributed by atoms with Crippen LogP contribution < -0.4 is 0 Å². The third-order valence-corrected chi connectivity index (χ3v) is 10.3. The van der Waals surface area contributed by atoms with E-state index in [1.54, 1.807) is 36.4 Å². The first-order valence-corrected chi connectivity index (χ1v) is 18.3. The van der Waals surface area contributed by atoms with Gasteiger partial charge in [0, 0.05) is 11.3 Å². The highest BCUT2D eigenvalue weighted by molar-refractivity contribution is 7.86. The van der Waals surface area contributed by atoms with E-state index in [0.29, 0.717) is 29.0 Å². The topological polar surface area (TPSA) is 199 Å². The number of aromatic hydroxyl groups is 2. The minimum Gasteiger partial charge on any atom is -0.508 e. The molecule has 0 heterocycles. The van der Waals surface area contributed by atoms with Crippen LogP contribution in [0.25, 0.3) is 10.8 Å². The second-order valence-electron chi connectivity index (χ2n) is 11.9. The molecule has 49 heavy (non-hydrogen) atoms. The Morgan fingerprint density at radius 1 is 0.592 bits per heavy atom. The molecule has 5 aromatic carbocycles. The number of nitrogens with zero attached hydrogens (tertiary/aromatic N) is 4. The van der Waals surface area contributed by atoms with Gasteiger partial charge in [-0.25, -0.2) is 0 Å². The van der Waals surface area contributed by atoms with Gasteiger partial charge in [0.25, 0.3) is 20.2 Å². The van der Waals surface area contributed by atoms with Crippen LogP contribution in [0.1, 0.15) is 49.1 Å². The maximum absolute atomic E-state index is 12.2. The number of benzene rings is 5. The van der Waals surface area contributed by atoms with Crippen LogP contribution in [0, 0.1) is 5.92 Å². The fourth-order valence-corrected chi connectivity index (χ4v) is 7.63. The van der Waals surface area contributed by atoms with E-state index in [1.165, 1.54) is 18.6 Å². The molecule has 4 N–H and O–H groups in total. The molecule has 0 amide bonds. The van der Waals surface area contributed by atoms with Gasteiger partial charge in [-0.05, 0) is 102 Å². The molecule has 6 rings (SSSR count). The van der Waals surface area contributed by atoms with Gasteiger partial charge in [-0.2, -0.15) is 32.2 Å². The largest absolute Gasteiger partial charge is 0.508 e. The molecule has 5 aromatic rings. The van der Waals surface area contributed by atoms with Crippen LogP contribution in [0.4, 0.5) is 22.7 Å². The Bertz CT molecular complexity index is 2270. The minimum absolute atomic E-state index is 0.0204. The third-order valence-electron chi connectivity index (χ3n) is 8.60. The molecule has 1 aliphatic carbocycles. The van der Waals surface area contributed by atoms with Gasteiger partial charge in [0.1, 0.15) is 22.1 Å². The fourth-order valence-electron chi connectivity index (χ4n) is 6.27. The van der Waals surface area contributed by atoms with Crippen molar-refractivity contribution in [3.8, 4) is 11.5 Å². The molecule has 1 aliphatic rings. The summed E-state index contributed by atoms with van der Waals surface area (Å²) in [6.07, 6.45) is 5.68. The normalized spacial score (nSPS) is 15.3. The molecule has 0 saturated heterocycles.